The minimum absolute atomic E-state index is 0.678. The maximum Gasteiger partial charge on any atom is 0.0991 e. The molecule has 0 spiro atoms. The zero-order valence-electron chi connectivity index (χ0n) is 9.44. The van der Waals surface area contributed by atoms with Gasteiger partial charge in [-0.25, -0.2) is 0 Å². The Hall–Kier alpha value is -1.41. The molecule has 2 rings (SSSR count). The molecule has 0 N–H and O–H groups in total. The third kappa shape index (κ3) is 2.64. The minimum atomic E-state index is 0.678. The summed E-state index contributed by atoms with van der Waals surface area (Å²) in [5.74, 6) is 0. The number of pyridine rings is 1. The molecule has 0 atom stereocenters. The summed E-state index contributed by atoms with van der Waals surface area (Å²) in [6, 6.07) is 11.8. The minimum Gasteiger partial charge on any atom is -0.255 e. The Balaban J connectivity index is 2.49. The molecule has 1 heterocycles. The lowest BCUT2D eigenvalue weighted by Gasteiger charge is -2.07. The molecule has 0 amide bonds. The van der Waals surface area contributed by atoms with Gasteiger partial charge in [-0.1, -0.05) is 19.1 Å². The lowest BCUT2D eigenvalue weighted by Crippen LogP contribution is -1.93. The molecule has 0 aliphatic rings. The fourth-order valence-corrected chi connectivity index (χ4v) is 2.23. The summed E-state index contributed by atoms with van der Waals surface area (Å²) in [6.45, 7) is 2.13. The average molecular weight is 334 g/mol. The van der Waals surface area contributed by atoms with E-state index in [0.717, 1.165) is 21.2 Å². The van der Waals surface area contributed by atoms with E-state index in [2.05, 4.69) is 46.6 Å². The van der Waals surface area contributed by atoms with Crippen LogP contribution in [0.25, 0.3) is 11.3 Å². The van der Waals surface area contributed by atoms with Crippen molar-refractivity contribution in [2.24, 2.45) is 0 Å². The summed E-state index contributed by atoms with van der Waals surface area (Å²) in [6.07, 6.45) is 2.83. The van der Waals surface area contributed by atoms with Gasteiger partial charge in [0.15, 0.2) is 0 Å². The molecule has 0 fully saturated rings. The van der Waals surface area contributed by atoms with Crippen molar-refractivity contribution in [3.8, 4) is 17.3 Å². The fourth-order valence-electron chi connectivity index (χ4n) is 1.71. The zero-order valence-corrected chi connectivity index (χ0v) is 11.6. The summed E-state index contributed by atoms with van der Waals surface area (Å²) in [4.78, 5) is 4.48. The molecule has 0 bridgehead atoms. The van der Waals surface area contributed by atoms with E-state index in [1.807, 2.05) is 30.5 Å². The van der Waals surface area contributed by atoms with Gasteiger partial charge in [0.25, 0.3) is 0 Å². The predicted octanol–water partition coefficient (Wildman–Crippen LogP) is 3.79. The van der Waals surface area contributed by atoms with Crippen molar-refractivity contribution in [1.82, 2.24) is 4.98 Å². The van der Waals surface area contributed by atoms with Crippen LogP contribution >= 0.6 is 22.6 Å². The van der Waals surface area contributed by atoms with Gasteiger partial charge in [0, 0.05) is 15.3 Å². The van der Waals surface area contributed by atoms with Crippen LogP contribution in [0.1, 0.15) is 18.1 Å². The highest BCUT2D eigenvalue weighted by atomic mass is 127. The van der Waals surface area contributed by atoms with Gasteiger partial charge < -0.3 is 0 Å². The van der Waals surface area contributed by atoms with Crippen LogP contribution in [0.5, 0.6) is 0 Å². The average Bonchev–Trinajstić information content (AvgIpc) is 2.39. The van der Waals surface area contributed by atoms with Crippen molar-refractivity contribution in [3.05, 3.63) is 51.2 Å². The number of benzene rings is 1. The van der Waals surface area contributed by atoms with E-state index in [0.29, 0.717) is 5.56 Å². The van der Waals surface area contributed by atoms with Crippen molar-refractivity contribution in [2.45, 2.75) is 13.3 Å². The predicted molar refractivity (Wildman–Crippen MR) is 76.5 cm³/mol. The van der Waals surface area contributed by atoms with Crippen LogP contribution in [0.4, 0.5) is 0 Å². The molecule has 0 saturated heterocycles. The first-order valence-electron chi connectivity index (χ1n) is 5.39. The molecule has 84 valence electrons. The standard InChI is InChI=1S/C14H11IN2/c1-2-11-7-13(15)9-17-14(11)12-5-3-10(8-16)4-6-12/h3-7,9H,2H2,1H3. The quantitative estimate of drug-likeness (QED) is 0.784. The molecule has 0 aliphatic carbocycles. The Morgan fingerprint density at radius 1 is 1.29 bits per heavy atom. The van der Waals surface area contributed by atoms with Gasteiger partial charge in [-0.3, -0.25) is 4.98 Å². The SMILES string of the molecule is CCc1cc(I)cnc1-c1ccc(C#N)cc1. The monoisotopic (exact) mass is 334 g/mol. The number of hydrogen-bond acceptors (Lipinski definition) is 2. The molecule has 2 nitrogen and oxygen atoms in total. The molecule has 0 unspecified atom stereocenters. The molecule has 3 heteroatoms. The fraction of sp³-hybridized carbons (Fsp3) is 0.143. The van der Waals surface area contributed by atoms with Gasteiger partial charge in [0.2, 0.25) is 0 Å². The molecule has 2 aromatic rings. The zero-order chi connectivity index (χ0) is 12.3. The molecule has 17 heavy (non-hydrogen) atoms. The maximum absolute atomic E-state index is 8.77. The number of aromatic nitrogens is 1. The Morgan fingerprint density at radius 3 is 2.59 bits per heavy atom. The highest BCUT2D eigenvalue weighted by molar-refractivity contribution is 14.1. The van der Waals surface area contributed by atoms with E-state index in [4.69, 9.17) is 5.26 Å². The Morgan fingerprint density at radius 2 is 2.00 bits per heavy atom. The highest BCUT2D eigenvalue weighted by Gasteiger charge is 2.06. The second kappa shape index (κ2) is 5.28. The van der Waals surface area contributed by atoms with Gasteiger partial charge in [0.05, 0.1) is 17.3 Å². The summed E-state index contributed by atoms with van der Waals surface area (Å²) in [5, 5.41) is 8.77. The summed E-state index contributed by atoms with van der Waals surface area (Å²) < 4.78 is 1.15. The van der Waals surface area contributed by atoms with Crippen LogP contribution in [0.3, 0.4) is 0 Å². The third-order valence-corrected chi connectivity index (χ3v) is 3.19. The van der Waals surface area contributed by atoms with Crippen molar-refractivity contribution in [1.29, 1.82) is 5.26 Å². The highest BCUT2D eigenvalue weighted by Crippen LogP contribution is 2.23. The Kier molecular flexibility index (Phi) is 3.75. The van der Waals surface area contributed by atoms with Crippen LogP contribution in [0.2, 0.25) is 0 Å². The molecular weight excluding hydrogens is 323 g/mol. The largest absolute Gasteiger partial charge is 0.255 e. The first kappa shape index (κ1) is 12.1. The Labute approximate surface area is 114 Å². The van der Waals surface area contributed by atoms with Crippen LogP contribution in [0.15, 0.2) is 36.5 Å². The smallest absolute Gasteiger partial charge is 0.0991 e. The third-order valence-electron chi connectivity index (χ3n) is 2.60. The van der Waals surface area contributed by atoms with Gasteiger partial charge >= 0.3 is 0 Å². The topological polar surface area (TPSA) is 36.7 Å². The van der Waals surface area contributed by atoms with Crippen molar-refractivity contribution in [2.75, 3.05) is 0 Å². The van der Waals surface area contributed by atoms with Crippen LogP contribution < -0.4 is 0 Å². The molecule has 0 saturated carbocycles. The number of rotatable bonds is 2. The number of aryl methyl sites for hydroxylation is 1. The van der Waals surface area contributed by atoms with Gasteiger partial charge in [-0.2, -0.15) is 5.26 Å². The second-order valence-corrected chi connectivity index (χ2v) is 4.95. The first-order valence-corrected chi connectivity index (χ1v) is 6.47. The molecule has 0 aliphatic heterocycles. The van der Waals surface area contributed by atoms with E-state index in [1.54, 1.807) is 0 Å². The first-order chi connectivity index (χ1) is 8.24. The number of nitrogens with zero attached hydrogens (tertiary/aromatic N) is 2. The second-order valence-electron chi connectivity index (χ2n) is 3.70. The number of halogens is 1. The molecular formula is C14H11IN2. The summed E-state index contributed by atoms with van der Waals surface area (Å²) in [7, 11) is 0. The lowest BCUT2D eigenvalue weighted by atomic mass is 10.0. The van der Waals surface area contributed by atoms with Gasteiger partial charge in [-0.15, -0.1) is 0 Å². The van der Waals surface area contributed by atoms with Crippen LogP contribution in [-0.2, 0) is 6.42 Å². The van der Waals surface area contributed by atoms with E-state index < -0.39 is 0 Å². The molecule has 1 aromatic heterocycles. The van der Waals surface area contributed by atoms with E-state index in [-0.39, 0.29) is 0 Å². The number of nitriles is 1. The molecule has 1 aromatic carbocycles. The van der Waals surface area contributed by atoms with Crippen molar-refractivity contribution < 1.29 is 0 Å². The van der Waals surface area contributed by atoms with Crippen molar-refractivity contribution >= 4 is 22.6 Å². The van der Waals surface area contributed by atoms with Gasteiger partial charge in [-0.05, 0) is 52.8 Å². The van der Waals surface area contributed by atoms with E-state index in [9.17, 15) is 0 Å². The lowest BCUT2D eigenvalue weighted by molar-refractivity contribution is 1.10. The normalized spacial score (nSPS) is 9.94. The van der Waals surface area contributed by atoms with Crippen LogP contribution in [-0.4, -0.2) is 4.98 Å². The van der Waals surface area contributed by atoms with E-state index >= 15 is 0 Å². The van der Waals surface area contributed by atoms with Crippen LogP contribution in [0, 0.1) is 14.9 Å². The van der Waals surface area contributed by atoms with Gasteiger partial charge in [0.1, 0.15) is 0 Å². The Bertz CT molecular complexity index is 568. The van der Waals surface area contributed by atoms with Crippen molar-refractivity contribution in [3.63, 3.8) is 0 Å². The molecule has 0 radical (unpaired) electrons. The summed E-state index contributed by atoms with van der Waals surface area (Å²) >= 11 is 2.27. The maximum atomic E-state index is 8.77. The summed E-state index contributed by atoms with van der Waals surface area (Å²) in [5.41, 5.74) is 3.99. The number of hydrogen-bond donors (Lipinski definition) is 0. The van der Waals surface area contributed by atoms with E-state index in [1.165, 1.54) is 5.56 Å².